The third-order valence-corrected chi connectivity index (χ3v) is 6.51. The van der Waals surface area contributed by atoms with Crippen LogP contribution < -0.4 is 16.2 Å². The Morgan fingerprint density at radius 1 is 1.15 bits per heavy atom. The van der Waals surface area contributed by atoms with Gasteiger partial charge in [-0.15, -0.1) is 0 Å². The second-order valence-electron chi connectivity index (χ2n) is 8.06. The van der Waals surface area contributed by atoms with Crippen LogP contribution in [0.2, 0.25) is 0 Å². The second kappa shape index (κ2) is 11.8. The molecule has 2 amide bonds. The molecule has 2 N–H and O–H groups in total. The van der Waals surface area contributed by atoms with Crippen molar-refractivity contribution in [3.8, 4) is 0 Å². The molecule has 10 heteroatoms. The summed E-state index contributed by atoms with van der Waals surface area (Å²) in [7, 11) is 0. The highest BCUT2D eigenvalue weighted by Crippen LogP contribution is 2.18. The smallest absolute Gasteiger partial charge is 0.262 e. The highest BCUT2D eigenvalue weighted by atomic mass is 32.2. The number of benzene rings is 1. The van der Waals surface area contributed by atoms with Crippen molar-refractivity contribution >= 4 is 34.5 Å². The summed E-state index contributed by atoms with van der Waals surface area (Å²) < 4.78 is 12.3. The third-order valence-electron chi connectivity index (χ3n) is 5.54. The number of nitrogens with one attached hydrogen (secondary N) is 2. The Balaban J connectivity index is 1.37. The maximum absolute atomic E-state index is 13.1. The summed E-state index contributed by atoms with van der Waals surface area (Å²) in [5.41, 5.74) is 0.408. The van der Waals surface area contributed by atoms with Crippen molar-refractivity contribution in [2.24, 2.45) is 0 Å². The lowest BCUT2D eigenvalue weighted by Crippen LogP contribution is -2.33. The van der Waals surface area contributed by atoms with E-state index in [1.54, 1.807) is 41.2 Å². The molecular formula is C24H28N4O5S. The minimum absolute atomic E-state index is 0.0739. The molecule has 3 aromatic rings. The van der Waals surface area contributed by atoms with Gasteiger partial charge in [-0.1, -0.05) is 23.9 Å². The van der Waals surface area contributed by atoms with Crippen LogP contribution in [0.3, 0.4) is 0 Å². The van der Waals surface area contributed by atoms with Gasteiger partial charge >= 0.3 is 0 Å². The average Bonchev–Trinajstić information content (AvgIpc) is 3.56. The summed E-state index contributed by atoms with van der Waals surface area (Å²) in [6.07, 6.45) is 4.32. The fourth-order valence-corrected chi connectivity index (χ4v) is 4.61. The molecule has 0 aliphatic carbocycles. The van der Waals surface area contributed by atoms with Crippen LogP contribution >= 0.6 is 11.8 Å². The lowest BCUT2D eigenvalue weighted by molar-refractivity contribution is -0.121. The molecule has 1 aromatic carbocycles. The molecule has 9 nitrogen and oxygen atoms in total. The quantitative estimate of drug-likeness (QED) is 0.317. The predicted octanol–water partition coefficient (Wildman–Crippen LogP) is 2.47. The van der Waals surface area contributed by atoms with Gasteiger partial charge in [0.1, 0.15) is 5.76 Å². The number of para-hydroxylation sites is 1. The van der Waals surface area contributed by atoms with Crippen LogP contribution in [0.25, 0.3) is 10.9 Å². The average molecular weight is 485 g/mol. The van der Waals surface area contributed by atoms with Crippen LogP contribution in [0.1, 0.15) is 31.4 Å². The molecule has 3 heterocycles. The van der Waals surface area contributed by atoms with Crippen LogP contribution in [-0.4, -0.2) is 46.4 Å². The normalized spacial score (nSPS) is 15.5. The Morgan fingerprint density at radius 3 is 2.82 bits per heavy atom. The molecule has 34 heavy (non-hydrogen) atoms. The van der Waals surface area contributed by atoms with E-state index in [1.807, 2.05) is 6.07 Å². The molecule has 4 rings (SSSR count). The zero-order valence-corrected chi connectivity index (χ0v) is 19.6. The van der Waals surface area contributed by atoms with Crippen molar-refractivity contribution in [1.82, 2.24) is 20.2 Å². The number of thioether (sulfide) groups is 1. The molecular weight excluding hydrogens is 456 g/mol. The van der Waals surface area contributed by atoms with E-state index in [0.29, 0.717) is 47.9 Å². The van der Waals surface area contributed by atoms with Gasteiger partial charge in [0.05, 0.1) is 35.6 Å². The number of rotatable bonds is 11. The van der Waals surface area contributed by atoms with Crippen LogP contribution in [0.4, 0.5) is 0 Å². The van der Waals surface area contributed by atoms with Gasteiger partial charge in [-0.3, -0.25) is 19.0 Å². The van der Waals surface area contributed by atoms with Crippen molar-refractivity contribution in [2.45, 2.75) is 50.0 Å². The van der Waals surface area contributed by atoms with Crippen molar-refractivity contribution in [2.75, 3.05) is 18.9 Å². The summed E-state index contributed by atoms with van der Waals surface area (Å²) in [6.45, 7) is 1.88. The molecule has 1 atom stereocenters. The molecule has 0 saturated carbocycles. The maximum Gasteiger partial charge on any atom is 0.262 e. The largest absolute Gasteiger partial charge is 0.467 e. The number of nitrogens with zero attached hydrogens (tertiary/aromatic N) is 2. The first kappa shape index (κ1) is 24.0. The van der Waals surface area contributed by atoms with E-state index in [0.717, 1.165) is 19.4 Å². The molecule has 0 bridgehead atoms. The maximum atomic E-state index is 13.1. The number of ether oxygens (including phenoxy) is 1. The van der Waals surface area contributed by atoms with E-state index in [4.69, 9.17) is 9.15 Å². The summed E-state index contributed by atoms with van der Waals surface area (Å²) in [5.74, 6) is 0.564. The zero-order chi connectivity index (χ0) is 23.8. The molecule has 1 saturated heterocycles. The fourth-order valence-electron chi connectivity index (χ4n) is 3.75. The Hall–Kier alpha value is -3.11. The molecule has 1 aliphatic rings. The van der Waals surface area contributed by atoms with Gasteiger partial charge in [-0.2, -0.15) is 0 Å². The van der Waals surface area contributed by atoms with Crippen LogP contribution in [0, 0.1) is 0 Å². The zero-order valence-electron chi connectivity index (χ0n) is 18.8. The predicted molar refractivity (Wildman–Crippen MR) is 128 cm³/mol. The van der Waals surface area contributed by atoms with E-state index in [1.165, 1.54) is 11.8 Å². The third kappa shape index (κ3) is 6.48. The van der Waals surface area contributed by atoms with E-state index >= 15 is 0 Å². The lowest BCUT2D eigenvalue weighted by atomic mass is 10.2. The van der Waals surface area contributed by atoms with Crippen LogP contribution in [0.5, 0.6) is 0 Å². The van der Waals surface area contributed by atoms with Crippen LogP contribution in [-0.2, 0) is 27.4 Å². The molecule has 180 valence electrons. The van der Waals surface area contributed by atoms with Gasteiger partial charge < -0.3 is 19.8 Å². The first-order valence-corrected chi connectivity index (χ1v) is 12.4. The first-order chi connectivity index (χ1) is 16.6. The van der Waals surface area contributed by atoms with E-state index in [9.17, 15) is 14.4 Å². The Morgan fingerprint density at radius 2 is 2.03 bits per heavy atom. The van der Waals surface area contributed by atoms with E-state index < -0.39 is 0 Å². The highest BCUT2D eigenvalue weighted by molar-refractivity contribution is 7.99. The molecule has 2 aromatic heterocycles. The molecule has 0 spiro atoms. The van der Waals surface area contributed by atoms with Crippen LogP contribution in [0.15, 0.2) is 57.0 Å². The van der Waals surface area contributed by atoms with Crippen molar-refractivity contribution < 1.29 is 18.7 Å². The van der Waals surface area contributed by atoms with Crippen molar-refractivity contribution in [1.29, 1.82) is 0 Å². The minimum Gasteiger partial charge on any atom is -0.467 e. The fraction of sp³-hybridized carbons (Fsp3) is 0.417. The topological polar surface area (TPSA) is 115 Å². The highest BCUT2D eigenvalue weighted by Gasteiger charge is 2.17. The lowest BCUT2D eigenvalue weighted by Gasteiger charge is -2.14. The van der Waals surface area contributed by atoms with Gasteiger partial charge in [0.2, 0.25) is 11.8 Å². The number of furan rings is 1. The van der Waals surface area contributed by atoms with Gasteiger partial charge in [-0.05, 0) is 43.5 Å². The number of aromatic nitrogens is 2. The summed E-state index contributed by atoms with van der Waals surface area (Å²) in [6, 6.07) is 10.7. The number of hydrogen-bond acceptors (Lipinski definition) is 7. The summed E-state index contributed by atoms with van der Waals surface area (Å²) in [4.78, 5) is 42.3. The monoisotopic (exact) mass is 484 g/mol. The number of carbonyl (C=O) groups excluding carboxylic acids is 2. The Kier molecular flexibility index (Phi) is 8.37. The Bertz CT molecular complexity index is 1170. The number of amides is 2. The minimum atomic E-state index is -0.177. The van der Waals surface area contributed by atoms with E-state index in [-0.39, 0.29) is 35.7 Å². The van der Waals surface area contributed by atoms with Crippen molar-refractivity contribution in [3.05, 3.63) is 58.8 Å². The van der Waals surface area contributed by atoms with Crippen molar-refractivity contribution in [3.63, 3.8) is 0 Å². The van der Waals surface area contributed by atoms with Gasteiger partial charge in [0, 0.05) is 26.1 Å². The molecule has 0 unspecified atom stereocenters. The number of carbonyl (C=O) groups is 2. The van der Waals surface area contributed by atoms with Gasteiger partial charge in [0.15, 0.2) is 5.16 Å². The van der Waals surface area contributed by atoms with Gasteiger partial charge in [0.25, 0.3) is 5.56 Å². The van der Waals surface area contributed by atoms with Gasteiger partial charge in [-0.25, -0.2) is 4.98 Å². The summed E-state index contributed by atoms with van der Waals surface area (Å²) >= 11 is 1.22. The molecule has 0 radical (unpaired) electrons. The number of hydrogen-bond donors (Lipinski definition) is 2. The Labute approximate surface area is 201 Å². The molecule has 1 fully saturated rings. The second-order valence-corrected chi connectivity index (χ2v) is 9.00. The SMILES string of the molecule is O=C(CCCn1c(SCC(=O)NC[C@H]2CCCO2)nc2ccccc2c1=O)NCc1ccco1. The molecule has 1 aliphatic heterocycles. The van der Waals surface area contributed by atoms with E-state index in [2.05, 4.69) is 15.6 Å². The summed E-state index contributed by atoms with van der Waals surface area (Å²) in [5, 5.41) is 6.67. The standard InChI is InChI=1S/C24H28N4O5S/c29-21(25-14-17-6-4-12-32-17)10-3-11-28-23(31)19-8-1-2-9-20(19)27-24(28)34-16-22(30)26-15-18-7-5-13-33-18/h1-2,4,6,8-9,12,18H,3,5,7,10-11,13-16H2,(H,25,29)(H,26,30)/t18-/m1/s1. The number of fused-ring (bicyclic) bond motifs is 1. The first-order valence-electron chi connectivity index (χ1n) is 11.4.